The molecule has 2 rings (SSSR count). The van der Waals surface area contributed by atoms with Crippen molar-refractivity contribution in [2.24, 2.45) is 11.8 Å². The third-order valence-corrected chi connectivity index (χ3v) is 8.34. The molecule has 1 aromatic rings. The summed E-state index contributed by atoms with van der Waals surface area (Å²) >= 11 is 0. The van der Waals surface area contributed by atoms with Crippen LogP contribution in [0.3, 0.4) is 0 Å². The van der Waals surface area contributed by atoms with Crippen molar-refractivity contribution >= 4 is 15.9 Å². The van der Waals surface area contributed by atoms with Crippen molar-refractivity contribution in [1.82, 2.24) is 9.21 Å². The van der Waals surface area contributed by atoms with Gasteiger partial charge in [-0.25, -0.2) is 8.42 Å². The molecule has 0 N–H and O–H groups in total. The zero-order valence-electron chi connectivity index (χ0n) is 19.4. The third kappa shape index (κ3) is 5.02. The van der Waals surface area contributed by atoms with Gasteiger partial charge in [0.05, 0.1) is 4.90 Å². The first-order valence-electron chi connectivity index (χ1n) is 10.8. The number of nitrogens with zero attached hydrogens (tertiary/aromatic N) is 2. The van der Waals surface area contributed by atoms with E-state index in [0.717, 1.165) is 28.8 Å². The Kier molecular flexibility index (Phi) is 7.55. The number of benzene rings is 1. The van der Waals surface area contributed by atoms with Gasteiger partial charge in [-0.2, -0.15) is 4.31 Å². The smallest absolute Gasteiger partial charge is 0.243 e. The molecule has 1 heterocycles. The largest absolute Gasteiger partial charge is 0.340 e. The van der Waals surface area contributed by atoms with Gasteiger partial charge in [-0.1, -0.05) is 19.9 Å². The van der Waals surface area contributed by atoms with Gasteiger partial charge in [-0.05, 0) is 82.6 Å². The van der Waals surface area contributed by atoms with Crippen LogP contribution in [0.4, 0.5) is 0 Å². The van der Waals surface area contributed by atoms with Gasteiger partial charge in [-0.15, -0.1) is 0 Å². The standard InChI is InChI=1S/C23H38N2O3S/c1-15(2)14-25(16(3)4)23(26)21-9-11-24(12-10-21)29(27,28)22-19(7)17(5)13-18(6)20(22)8/h13,15-16,21H,9-12,14H2,1-8H3. The summed E-state index contributed by atoms with van der Waals surface area (Å²) < 4.78 is 28.4. The van der Waals surface area contributed by atoms with Crippen molar-refractivity contribution in [2.75, 3.05) is 19.6 Å². The first-order chi connectivity index (χ1) is 13.4. The molecule has 0 saturated carbocycles. The highest BCUT2D eigenvalue weighted by molar-refractivity contribution is 7.89. The molecule has 6 heteroatoms. The van der Waals surface area contributed by atoms with Gasteiger partial charge in [0.25, 0.3) is 0 Å². The number of sulfonamides is 1. The third-order valence-electron chi connectivity index (χ3n) is 6.17. The molecule has 1 amide bonds. The number of carbonyl (C=O) groups is 1. The zero-order chi connectivity index (χ0) is 22.1. The summed E-state index contributed by atoms with van der Waals surface area (Å²) in [6.07, 6.45) is 1.17. The molecule has 1 fully saturated rings. The lowest BCUT2D eigenvalue weighted by atomic mass is 9.95. The summed E-state index contributed by atoms with van der Waals surface area (Å²) in [5, 5.41) is 0. The van der Waals surface area contributed by atoms with Crippen LogP contribution < -0.4 is 0 Å². The molecule has 0 bridgehead atoms. The van der Waals surface area contributed by atoms with Crippen LogP contribution in [0.2, 0.25) is 0 Å². The molecule has 1 aromatic carbocycles. The summed E-state index contributed by atoms with van der Waals surface area (Å²) in [5.74, 6) is 0.492. The normalized spacial score (nSPS) is 16.6. The fourth-order valence-electron chi connectivity index (χ4n) is 4.22. The highest BCUT2D eigenvalue weighted by atomic mass is 32.2. The Morgan fingerprint density at radius 3 is 1.93 bits per heavy atom. The molecule has 1 aliphatic rings. The van der Waals surface area contributed by atoms with Crippen LogP contribution in [0.5, 0.6) is 0 Å². The maximum absolute atomic E-state index is 13.4. The van der Waals surface area contributed by atoms with Crippen LogP contribution in [-0.4, -0.2) is 49.2 Å². The van der Waals surface area contributed by atoms with E-state index < -0.39 is 10.0 Å². The molecule has 29 heavy (non-hydrogen) atoms. The molecule has 5 nitrogen and oxygen atoms in total. The van der Waals surface area contributed by atoms with E-state index in [4.69, 9.17) is 0 Å². The Hall–Kier alpha value is -1.40. The fourth-order valence-corrected chi connectivity index (χ4v) is 6.27. The van der Waals surface area contributed by atoms with Crippen LogP contribution >= 0.6 is 0 Å². The summed E-state index contributed by atoms with van der Waals surface area (Å²) in [6.45, 7) is 17.6. The second-order valence-corrected chi connectivity index (χ2v) is 11.1. The SMILES string of the molecule is Cc1cc(C)c(C)c(S(=O)(=O)N2CCC(C(=O)N(CC(C)C)C(C)C)CC2)c1C. The molecule has 164 valence electrons. The molecule has 0 atom stereocenters. The van der Waals surface area contributed by atoms with E-state index in [1.165, 1.54) is 0 Å². The van der Waals surface area contributed by atoms with Crippen LogP contribution in [0.25, 0.3) is 0 Å². The van der Waals surface area contributed by atoms with Gasteiger partial charge < -0.3 is 4.90 Å². The Morgan fingerprint density at radius 1 is 1.03 bits per heavy atom. The van der Waals surface area contributed by atoms with E-state index in [0.29, 0.717) is 36.7 Å². The lowest BCUT2D eigenvalue weighted by Gasteiger charge is -2.36. The Balaban J connectivity index is 2.20. The Bertz CT molecular complexity index is 825. The minimum atomic E-state index is -3.56. The molecule has 1 aliphatic heterocycles. The Labute approximate surface area is 177 Å². The summed E-state index contributed by atoms with van der Waals surface area (Å²) in [4.78, 5) is 15.5. The van der Waals surface area contributed by atoms with E-state index in [9.17, 15) is 13.2 Å². The second-order valence-electron chi connectivity index (χ2n) is 9.25. The number of carbonyl (C=O) groups excluding carboxylic acids is 1. The molecule has 0 aromatic heterocycles. The molecule has 0 radical (unpaired) electrons. The van der Waals surface area contributed by atoms with E-state index in [-0.39, 0.29) is 17.9 Å². The molecule has 0 aliphatic carbocycles. The van der Waals surface area contributed by atoms with Crippen LogP contribution in [0.15, 0.2) is 11.0 Å². The van der Waals surface area contributed by atoms with Gasteiger partial charge in [0.1, 0.15) is 0 Å². The van der Waals surface area contributed by atoms with E-state index >= 15 is 0 Å². The van der Waals surface area contributed by atoms with Crippen molar-refractivity contribution in [3.05, 3.63) is 28.3 Å². The average molecular weight is 423 g/mol. The van der Waals surface area contributed by atoms with E-state index in [2.05, 4.69) is 13.8 Å². The molecule has 0 unspecified atom stereocenters. The van der Waals surface area contributed by atoms with Gasteiger partial charge in [-0.3, -0.25) is 4.79 Å². The minimum absolute atomic E-state index is 0.0935. The Morgan fingerprint density at radius 2 is 1.52 bits per heavy atom. The number of amides is 1. The number of piperidine rings is 1. The predicted octanol–water partition coefficient (Wildman–Crippen LogP) is 4.21. The first kappa shape index (κ1) is 23.9. The highest BCUT2D eigenvalue weighted by Crippen LogP contribution is 2.31. The molecular formula is C23H38N2O3S. The van der Waals surface area contributed by atoms with E-state index in [1.54, 1.807) is 4.31 Å². The number of hydrogen-bond acceptors (Lipinski definition) is 3. The maximum atomic E-state index is 13.4. The van der Waals surface area contributed by atoms with Gasteiger partial charge in [0.15, 0.2) is 0 Å². The van der Waals surface area contributed by atoms with Gasteiger partial charge in [0.2, 0.25) is 15.9 Å². The van der Waals surface area contributed by atoms with Crippen molar-refractivity contribution in [3.63, 3.8) is 0 Å². The van der Waals surface area contributed by atoms with Gasteiger partial charge >= 0.3 is 0 Å². The molecule has 0 spiro atoms. The average Bonchev–Trinajstić information content (AvgIpc) is 2.63. The maximum Gasteiger partial charge on any atom is 0.243 e. The summed E-state index contributed by atoms with van der Waals surface area (Å²) in [6, 6.07) is 2.20. The monoisotopic (exact) mass is 422 g/mol. The van der Waals surface area contributed by atoms with Gasteiger partial charge in [0, 0.05) is 31.6 Å². The van der Waals surface area contributed by atoms with Crippen molar-refractivity contribution in [3.8, 4) is 0 Å². The topological polar surface area (TPSA) is 57.7 Å². The van der Waals surface area contributed by atoms with E-state index in [1.807, 2.05) is 52.5 Å². The number of aryl methyl sites for hydroxylation is 2. The molecule has 1 saturated heterocycles. The first-order valence-corrected chi connectivity index (χ1v) is 12.2. The van der Waals surface area contributed by atoms with Crippen molar-refractivity contribution in [1.29, 1.82) is 0 Å². The second kappa shape index (κ2) is 9.17. The van der Waals surface area contributed by atoms with Crippen molar-refractivity contribution < 1.29 is 13.2 Å². The fraction of sp³-hybridized carbons (Fsp3) is 0.696. The van der Waals surface area contributed by atoms with Crippen LogP contribution in [-0.2, 0) is 14.8 Å². The minimum Gasteiger partial charge on any atom is -0.340 e. The lowest BCUT2D eigenvalue weighted by molar-refractivity contribution is -0.139. The highest BCUT2D eigenvalue weighted by Gasteiger charge is 2.36. The lowest BCUT2D eigenvalue weighted by Crippen LogP contribution is -2.47. The van der Waals surface area contributed by atoms with Crippen molar-refractivity contribution in [2.45, 2.75) is 79.2 Å². The molecular weight excluding hydrogens is 384 g/mol. The zero-order valence-corrected chi connectivity index (χ0v) is 20.2. The number of hydrogen-bond donors (Lipinski definition) is 0. The predicted molar refractivity (Wildman–Crippen MR) is 119 cm³/mol. The van der Waals surface area contributed by atoms with Crippen LogP contribution in [0.1, 0.15) is 62.8 Å². The summed E-state index contributed by atoms with van der Waals surface area (Å²) in [5.41, 5.74) is 3.65. The quantitative estimate of drug-likeness (QED) is 0.690. The van der Waals surface area contributed by atoms with Crippen LogP contribution in [0, 0.1) is 39.5 Å². The summed E-state index contributed by atoms with van der Waals surface area (Å²) in [7, 11) is -3.56. The number of rotatable bonds is 6.